The Morgan fingerprint density at radius 3 is 0.698 bits per heavy atom. The van der Waals surface area contributed by atoms with Gasteiger partial charge in [0.1, 0.15) is 62.4 Å². The first-order chi connectivity index (χ1) is 68.7. The molecule has 5 aromatic carbocycles. The molecule has 0 aliphatic heterocycles. The fraction of sp³-hybridized carbons (Fsp3) is 0.587. The minimum Gasteiger partial charge on any atom is -0.480 e. The fourth-order valence-corrected chi connectivity index (χ4v) is 12.9. The Bertz CT molecular complexity index is 4570. The van der Waals surface area contributed by atoms with Gasteiger partial charge < -0.3 is 92.0 Å². The molecule has 0 spiro atoms. The number of amides is 4. The van der Waals surface area contributed by atoms with Crippen molar-refractivity contribution in [3.63, 3.8) is 0 Å². The predicted molar refractivity (Wildman–Crippen MR) is 525 cm³/mol. The number of ketones is 2. The number of carbonyl (C=O) groups is 13. The number of halogens is 14. The Kier molecular flexibility index (Phi) is 63.7. The summed E-state index contributed by atoms with van der Waals surface area (Å²) in [6, 6.07) is 35.9. The van der Waals surface area contributed by atoms with Gasteiger partial charge in [0.25, 0.3) is 0 Å². The summed E-state index contributed by atoms with van der Waals surface area (Å²) in [5, 5.41) is 56.1. The second-order valence-electron chi connectivity index (χ2n) is 40.9. The topological polar surface area (TPSA) is 491 Å². The molecule has 0 heterocycles. The van der Waals surface area contributed by atoms with Gasteiger partial charge >= 0.3 is 66.2 Å². The van der Waals surface area contributed by atoms with Gasteiger partial charge in [-0.15, -0.1) is 0 Å². The van der Waals surface area contributed by atoms with Crippen molar-refractivity contribution in [1.82, 2.24) is 26.6 Å². The van der Waals surface area contributed by atoms with Crippen LogP contribution in [0.15, 0.2) is 152 Å². The zero-order chi connectivity index (χ0) is 115. The Morgan fingerprint density at radius 1 is 0.282 bits per heavy atom. The molecular weight excluding hydrogens is 2000 g/mol. The number of benzene rings is 5. The highest BCUT2D eigenvalue weighted by molar-refractivity contribution is 5.91. The number of methoxy groups -OCH3 is 2. The number of rotatable bonds is 53. The number of esters is 2. The summed E-state index contributed by atoms with van der Waals surface area (Å²) < 4.78 is 209. The molecule has 9 atom stereocenters. The lowest BCUT2D eigenvalue weighted by Crippen LogP contribution is -2.46. The molecule has 149 heavy (non-hydrogen) atoms. The van der Waals surface area contributed by atoms with Gasteiger partial charge in [-0.2, -0.15) is 0 Å². The van der Waals surface area contributed by atoms with Crippen LogP contribution in [-0.2, 0) is 105 Å². The van der Waals surface area contributed by atoms with Crippen LogP contribution in [0.25, 0.3) is 0 Å². The molecule has 4 amide bonds. The van der Waals surface area contributed by atoms with Crippen molar-refractivity contribution in [3.8, 4) is 0 Å². The van der Waals surface area contributed by atoms with Crippen LogP contribution in [0.4, 0.5) is 80.6 Å². The van der Waals surface area contributed by atoms with E-state index in [0.29, 0.717) is 19.4 Å². The largest absolute Gasteiger partial charge is 0.480 e. The van der Waals surface area contributed by atoms with Crippen LogP contribution in [0.5, 0.6) is 0 Å². The van der Waals surface area contributed by atoms with Crippen LogP contribution >= 0.6 is 0 Å². The van der Waals surface area contributed by atoms with Crippen molar-refractivity contribution in [2.24, 2.45) is 73.0 Å². The van der Waals surface area contributed by atoms with E-state index in [1.165, 1.54) is 111 Å². The number of aliphatic carboxylic acids is 5. The first-order valence-corrected chi connectivity index (χ1v) is 47.2. The zero-order valence-corrected chi connectivity index (χ0v) is 87.6. The van der Waals surface area contributed by atoms with Crippen molar-refractivity contribution in [3.05, 3.63) is 179 Å². The summed E-state index contributed by atoms with van der Waals surface area (Å²) in [5.74, 6) is -9.33. The van der Waals surface area contributed by atoms with E-state index in [9.17, 15) is 124 Å². The number of alkyl halides is 14. The number of alkyl carbamates (subject to hydrolysis) is 4. The van der Waals surface area contributed by atoms with E-state index in [2.05, 4.69) is 31.3 Å². The van der Waals surface area contributed by atoms with Gasteiger partial charge in [-0.3, -0.25) is 28.8 Å². The molecule has 0 aliphatic carbocycles. The molecule has 5 rings (SSSR count). The Labute approximate surface area is 860 Å². The summed E-state index contributed by atoms with van der Waals surface area (Å²) >= 11 is 0. The Balaban J connectivity index is 0. The van der Waals surface area contributed by atoms with Gasteiger partial charge in [0, 0.05) is 57.3 Å². The number of ether oxygens (including phenoxy) is 6. The number of Topliss-reactive ketones (excluding diaryl/α,β-unsaturated/α-hetero) is 2. The molecule has 0 fully saturated rings. The minimum absolute atomic E-state index is 0.0239. The van der Waals surface area contributed by atoms with Crippen LogP contribution in [0.2, 0.25) is 0 Å². The normalized spacial score (nSPS) is 13.5. The zero-order valence-electron chi connectivity index (χ0n) is 87.6. The molecule has 5 unspecified atom stereocenters. The van der Waals surface area contributed by atoms with Crippen LogP contribution < -0.4 is 38.1 Å². The van der Waals surface area contributed by atoms with Crippen LogP contribution in [0.1, 0.15) is 223 Å². The van der Waals surface area contributed by atoms with E-state index in [-0.39, 0.29) is 82.6 Å². The molecular formula is C104H149F14N7O24. The number of nitrogens with two attached hydrogens (primary N) is 2. The molecule has 14 N–H and O–H groups in total. The minimum atomic E-state index is -2.70. The number of carbonyl (C=O) groups excluding carboxylic acids is 8. The third-order valence-corrected chi connectivity index (χ3v) is 22.5. The summed E-state index contributed by atoms with van der Waals surface area (Å²) in [7, 11) is 2.50. The highest BCUT2D eigenvalue weighted by atomic mass is 19.3. The Hall–Kier alpha value is -12.3. The summed E-state index contributed by atoms with van der Waals surface area (Å²) in [6.45, 7) is 26.0. The van der Waals surface area contributed by atoms with Crippen molar-refractivity contribution in [2.45, 2.75) is 315 Å². The monoisotopic (exact) mass is 2150 g/mol. The first kappa shape index (κ1) is 139. The van der Waals surface area contributed by atoms with E-state index in [1.54, 1.807) is 115 Å². The summed E-state index contributed by atoms with van der Waals surface area (Å²) in [6.07, 6.45) is -23.5. The first-order valence-electron chi connectivity index (χ1n) is 47.2. The van der Waals surface area contributed by atoms with Crippen molar-refractivity contribution >= 4 is 77.7 Å². The van der Waals surface area contributed by atoms with Gasteiger partial charge in [-0.05, 0) is 97.4 Å². The molecule has 842 valence electrons. The molecule has 0 aromatic heterocycles. The molecule has 45 heteroatoms. The summed E-state index contributed by atoms with van der Waals surface area (Å²) in [4.78, 5) is 150. The third-order valence-electron chi connectivity index (χ3n) is 22.5. The molecule has 5 aromatic rings. The average Bonchev–Trinajstić information content (AvgIpc) is 0.853. The number of carboxylic acid groups (broad SMARTS) is 5. The maximum absolute atomic E-state index is 13.4. The number of hydrogen-bond acceptors (Lipinski definition) is 22. The number of carboxylic acids is 5. The molecule has 0 saturated carbocycles. The molecule has 0 bridgehead atoms. The van der Waals surface area contributed by atoms with Gasteiger partial charge in [-0.1, -0.05) is 276 Å². The second kappa shape index (κ2) is 68.4. The standard InChI is InChI=1S/C23H33F2NO5.3C15H19F2NO4.C15H27F2NO3.C14H19F2NO2.C7H13F2NO2/c1-15(2)11-17(20(28)30-5)12-19(27)18(13-23(3,4)21(24)25)26-22(29)31-14-16-9-7-6-8-10-16;3*1-15(2,13(16)17)8-11(12(19)20)18-14(21)22-9-10-6-4-3-5-7-10;1-9(2)6-10(13(20)21-5)7-12(19)11(18)8-15(3,4)14(16)17;1-14(2,13(15)16)8-11(12(18)19)17-9-10-6-4-3-5-7-10;1-7(2,6(8)9)3-4(10)5(11)12/h6-10,15,17-18,21H,11-14H2,1-5H3,(H,26,29);3*3-7,11,13H,8-9H2,1-2H3,(H,18,21)(H,19,20);9-11,14H,6-8,18H2,1-5H3;3-7,11,13,17H,8-9H2,1-2H3,(H,18,19);4,6H,3,10H2,1-2H3,(H,11,12)/t17-,18+;;;;10-,11+;;/m1...1../s1. The molecule has 0 saturated heterocycles. The lowest BCUT2D eigenvalue weighted by molar-refractivity contribution is -0.148. The highest BCUT2D eigenvalue weighted by Gasteiger charge is 2.43. The third kappa shape index (κ3) is 59.6. The molecule has 31 nitrogen and oxygen atoms in total. The molecule has 0 aliphatic rings. The maximum atomic E-state index is 13.4. The van der Waals surface area contributed by atoms with E-state index >= 15 is 0 Å². The molecule has 0 radical (unpaired) electrons. The predicted octanol–water partition coefficient (Wildman–Crippen LogP) is 20.7. The van der Waals surface area contributed by atoms with Gasteiger partial charge in [0.2, 0.25) is 45.0 Å². The number of hydrogen-bond donors (Lipinski definition) is 12. The average molecular weight is 2150 g/mol. The van der Waals surface area contributed by atoms with E-state index < -0.39 is 228 Å². The van der Waals surface area contributed by atoms with Crippen molar-refractivity contribution in [2.75, 3.05) is 14.2 Å². The van der Waals surface area contributed by atoms with E-state index in [0.717, 1.165) is 27.8 Å². The van der Waals surface area contributed by atoms with Gasteiger partial charge in [0.15, 0.2) is 5.78 Å². The van der Waals surface area contributed by atoms with Gasteiger partial charge in [0.05, 0.1) is 38.1 Å². The van der Waals surface area contributed by atoms with Crippen LogP contribution in [0, 0.1) is 61.6 Å². The Morgan fingerprint density at radius 2 is 0.483 bits per heavy atom. The van der Waals surface area contributed by atoms with Gasteiger partial charge in [-0.25, -0.2) is 95.0 Å². The lowest BCUT2D eigenvalue weighted by atomic mass is 9.82. The lowest BCUT2D eigenvalue weighted by Gasteiger charge is -2.29. The van der Waals surface area contributed by atoms with E-state index in [1.807, 2.05) is 64.1 Å². The highest BCUT2D eigenvalue weighted by Crippen LogP contribution is 2.38. The maximum Gasteiger partial charge on any atom is 0.408 e. The quantitative estimate of drug-likeness (QED) is 0.00977. The number of nitrogens with one attached hydrogen (secondary N) is 5. The second-order valence-corrected chi connectivity index (χ2v) is 40.9. The van der Waals surface area contributed by atoms with Crippen LogP contribution in [0.3, 0.4) is 0 Å². The SMILES string of the molecule is CC(C)(CC(N)C(=O)O)C(F)F.CC(C)(CC(NC(=O)OCc1ccccc1)C(=O)O)C(F)F.CC(C)(CC(NC(=O)OCc1ccccc1)C(=O)O)C(F)F.CC(C)(CC(NC(=O)OCc1ccccc1)C(=O)O)C(F)F.CC(C)(CC(NCc1ccccc1)C(=O)O)C(F)F.COC(=O)[C@@H](CC(=O)[C@@H](N)CC(C)(C)C(F)F)CC(C)C.COC(=O)[C@@H](CC(=O)[C@H](CC(C)(C)C(F)F)NC(=O)OCc1ccccc1)CC(C)C. The van der Waals surface area contributed by atoms with Crippen LogP contribution in [-0.4, -0.2) is 205 Å². The van der Waals surface area contributed by atoms with Crippen molar-refractivity contribution in [1.29, 1.82) is 0 Å². The smallest absolute Gasteiger partial charge is 0.408 e. The van der Waals surface area contributed by atoms with E-state index in [4.69, 9.17) is 60.7 Å². The fourth-order valence-electron chi connectivity index (χ4n) is 12.9. The van der Waals surface area contributed by atoms with Crippen molar-refractivity contribution < 1.29 is 178 Å². The summed E-state index contributed by atoms with van der Waals surface area (Å²) in [5.41, 5.74) is 4.60.